The average Bonchev–Trinajstić information content (AvgIpc) is 3.12. The zero-order valence-corrected chi connectivity index (χ0v) is 17.1. The molecule has 0 amide bonds. The number of rotatable bonds is 5. The Bertz CT molecular complexity index is 1240. The second kappa shape index (κ2) is 8.24. The first kappa shape index (κ1) is 19.3. The Morgan fingerprint density at radius 2 is 2.00 bits per heavy atom. The van der Waals surface area contributed by atoms with Gasteiger partial charge in [0, 0.05) is 25.6 Å². The van der Waals surface area contributed by atoms with Gasteiger partial charge in [-0.15, -0.1) is 0 Å². The summed E-state index contributed by atoms with van der Waals surface area (Å²) >= 11 is 0. The van der Waals surface area contributed by atoms with Crippen molar-refractivity contribution < 1.29 is 5.11 Å². The van der Waals surface area contributed by atoms with Crippen molar-refractivity contribution in [3.8, 4) is 5.82 Å². The Kier molecular flexibility index (Phi) is 5.14. The smallest absolute Gasteiger partial charge is 0.278 e. The van der Waals surface area contributed by atoms with Crippen LogP contribution in [0.5, 0.6) is 0 Å². The highest BCUT2D eigenvalue weighted by Crippen LogP contribution is 2.23. The number of fused-ring (bicyclic) bond motifs is 1. The van der Waals surface area contributed by atoms with Crippen LogP contribution in [-0.4, -0.2) is 32.3 Å². The summed E-state index contributed by atoms with van der Waals surface area (Å²) < 4.78 is 1.66. The molecule has 1 aliphatic carbocycles. The molecule has 6 nitrogen and oxygen atoms in total. The fourth-order valence-electron chi connectivity index (χ4n) is 3.99. The number of aromatic amines is 1. The third-order valence-corrected chi connectivity index (χ3v) is 5.63. The van der Waals surface area contributed by atoms with Gasteiger partial charge in [0.15, 0.2) is 5.82 Å². The molecule has 6 heteroatoms. The van der Waals surface area contributed by atoms with Gasteiger partial charge >= 0.3 is 0 Å². The predicted octanol–water partition coefficient (Wildman–Crippen LogP) is 2.88. The lowest BCUT2D eigenvalue weighted by molar-refractivity contribution is 0.225. The molecule has 1 atom stereocenters. The quantitative estimate of drug-likeness (QED) is 0.602. The molecule has 0 spiro atoms. The van der Waals surface area contributed by atoms with Crippen LogP contribution in [0.3, 0.4) is 0 Å². The summed E-state index contributed by atoms with van der Waals surface area (Å²) in [4.78, 5) is 21.5. The zero-order valence-electron chi connectivity index (χ0n) is 17.1. The van der Waals surface area contributed by atoms with Gasteiger partial charge < -0.3 is 15.4 Å². The van der Waals surface area contributed by atoms with E-state index in [0.717, 1.165) is 34.6 Å². The maximum Gasteiger partial charge on any atom is 0.278 e. The van der Waals surface area contributed by atoms with Gasteiger partial charge in [-0.25, -0.2) is 4.98 Å². The van der Waals surface area contributed by atoms with Crippen LogP contribution in [0.1, 0.15) is 29.1 Å². The van der Waals surface area contributed by atoms with Gasteiger partial charge in [-0.05, 0) is 35.4 Å². The number of nitrogens with zero attached hydrogens (tertiary/aromatic N) is 2. The number of allylic oxidation sites excluding steroid dienone is 4. The highest BCUT2D eigenvalue weighted by molar-refractivity contribution is 5.72. The van der Waals surface area contributed by atoms with Crippen molar-refractivity contribution in [1.29, 1.82) is 0 Å². The number of hydrogen-bond donors (Lipinski definition) is 3. The Morgan fingerprint density at radius 3 is 2.74 bits per heavy atom. The van der Waals surface area contributed by atoms with Crippen LogP contribution in [-0.2, 0) is 12.8 Å². The summed E-state index contributed by atoms with van der Waals surface area (Å²) in [7, 11) is 0. The van der Waals surface area contributed by atoms with E-state index in [1.54, 1.807) is 10.6 Å². The summed E-state index contributed by atoms with van der Waals surface area (Å²) in [5, 5.41) is 12.8. The lowest BCUT2D eigenvalue weighted by Gasteiger charge is -2.15. The minimum atomic E-state index is -0.447. The third kappa shape index (κ3) is 4.02. The van der Waals surface area contributed by atoms with E-state index in [0.29, 0.717) is 30.8 Å². The summed E-state index contributed by atoms with van der Waals surface area (Å²) in [5.74, 6) is 0.659. The molecule has 0 radical (unpaired) electrons. The van der Waals surface area contributed by atoms with Crippen molar-refractivity contribution in [2.75, 3.05) is 6.54 Å². The number of imidazole rings is 1. The topological polar surface area (TPSA) is 82.9 Å². The lowest BCUT2D eigenvalue weighted by atomic mass is 10.0. The maximum absolute atomic E-state index is 13.2. The Labute approximate surface area is 180 Å². The SMILES string of the molecule is O=c1c(CC2=CCC(O)C=C2)nc2c(Cc3ccccc3)[nH]c(C3=CCNC=C3)cn1-2. The van der Waals surface area contributed by atoms with Gasteiger partial charge in [-0.3, -0.25) is 9.36 Å². The molecule has 0 bridgehead atoms. The second-order valence-electron chi connectivity index (χ2n) is 7.88. The van der Waals surface area contributed by atoms with E-state index in [9.17, 15) is 9.90 Å². The fraction of sp³-hybridized carbons (Fsp3) is 0.200. The number of hydrogen-bond acceptors (Lipinski definition) is 4. The summed E-state index contributed by atoms with van der Waals surface area (Å²) in [6.45, 7) is 0.748. The van der Waals surface area contributed by atoms with Gasteiger partial charge in [-0.1, -0.05) is 54.6 Å². The fourth-order valence-corrected chi connectivity index (χ4v) is 3.99. The van der Waals surface area contributed by atoms with Crippen molar-refractivity contribution in [2.24, 2.45) is 0 Å². The molecule has 3 heterocycles. The van der Waals surface area contributed by atoms with Crippen molar-refractivity contribution in [2.45, 2.75) is 25.4 Å². The molecular formula is C25H24N4O2. The minimum absolute atomic E-state index is 0.0986. The van der Waals surface area contributed by atoms with E-state index >= 15 is 0 Å². The molecule has 0 aromatic heterocycles. The molecular weight excluding hydrogens is 388 g/mol. The minimum Gasteiger partial charge on any atom is -0.389 e. The molecule has 4 aliphatic rings. The number of H-pyrrole nitrogens is 1. The number of nitrogens with one attached hydrogen (secondary N) is 2. The Hall–Kier alpha value is -3.64. The standard InChI is InChI=1S/C25H24N4O2/c30-20-8-6-18(7-9-20)15-22-25(31)29-16-23(19-10-12-26-13-11-19)27-21(24(29)28-22)14-17-4-2-1-3-5-17/h1-8,10-12,16,20,26-27,30H,9,13-15H2. The molecule has 3 aliphatic heterocycles. The van der Waals surface area contributed by atoms with Crippen LogP contribution in [0.15, 0.2) is 83.5 Å². The van der Waals surface area contributed by atoms with E-state index in [1.165, 1.54) is 0 Å². The first-order valence-electron chi connectivity index (χ1n) is 10.5. The summed E-state index contributed by atoms with van der Waals surface area (Å²) in [6, 6.07) is 10.2. The lowest BCUT2D eigenvalue weighted by Crippen LogP contribution is -2.19. The van der Waals surface area contributed by atoms with Gasteiger partial charge in [0.1, 0.15) is 5.69 Å². The van der Waals surface area contributed by atoms with Gasteiger partial charge in [0.25, 0.3) is 5.56 Å². The van der Waals surface area contributed by atoms with Gasteiger partial charge in [-0.2, -0.15) is 0 Å². The molecule has 156 valence electrons. The van der Waals surface area contributed by atoms with E-state index < -0.39 is 6.10 Å². The van der Waals surface area contributed by atoms with E-state index in [4.69, 9.17) is 4.98 Å². The number of aliphatic hydroxyl groups is 1. The van der Waals surface area contributed by atoms with Crippen LogP contribution >= 0.6 is 0 Å². The summed E-state index contributed by atoms with van der Waals surface area (Å²) in [6.07, 6.45) is 14.7. The number of aromatic nitrogens is 3. The first-order chi connectivity index (χ1) is 15.2. The van der Waals surface area contributed by atoms with Crippen LogP contribution < -0.4 is 10.9 Å². The molecule has 1 unspecified atom stereocenters. The summed E-state index contributed by atoms with van der Waals surface area (Å²) in [5.41, 5.74) is 5.40. The predicted molar refractivity (Wildman–Crippen MR) is 121 cm³/mol. The monoisotopic (exact) mass is 412 g/mol. The largest absolute Gasteiger partial charge is 0.389 e. The molecule has 5 rings (SSSR count). The molecule has 0 fully saturated rings. The van der Waals surface area contributed by atoms with Crippen molar-refractivity contribution in [3.05, 3.63) is 112 Å². The van der Waals surface area contributed by atoms with Crippen molar-refractivity contribution in [3.63, 3.8) is 0 Å². The maximum atomic E-state index is 13.2. The Balaban J connectivity index is 1.59. The molecule has 0 saturated heterocycles. The second-order valence-corrected chi connectivity index (χ2v) is 7.88. The van der Waals surface area contributed by atoms with Crippen LogP contribution in [0.4, 0.5) is 0 Å². The Morgan fingerprint density at radius 1 is 1.13 bits per heavy atom. The highest BCUT2D eigenvalue weighted by atomic mass is 16.3. The number of aliphatic hydroxyl groups excluding tert-OH is 1. The van der Waals surface area contributed by atoms with Gasteiger partial charge in [0.2, 0.25) is 0 Å². The zero-order chi connectivity index (χ0) is 21.2. The molecule has 1 aromatic carbocycles. The van der Waals surface area contributed by atoms with Crippen LogP contribution in [0.2, 0.25) is 0 Å². The van der Waals surface area contributed by atoms with Crippen LogP contribution in [0.25, 0.3) is 11.4 Å². The molecule has 1 aromatic rings. The van der Waals surface area contributed by atoms with Crippen molar-refractivity contribution >= 4 is 5.57 Å². The molecule has 31 heavy (non-hydrogen) atoms. The highest BCUT2D eigenvalue weighted by Gasteiger charge is 2.21. The van der Waals surface area contributed by atoms with E-state index in [1.807, 2.05) is 48.8 Å². The number of dihydropyridines is 1. The van der Waals surface area contributed by atoms with E-state index in [-0.39, 0.29) is 5.56 Å². The molecule has 0 saturated carbocycles. The number of benzene rings is 1. The normalized spacial score (nSPS) is 18.0. The van der Waals surface area contributed by atoms with Crippen molar-refractivity contribution in [1.82, 2.24) is 19.9 Å². The first-order valence-corrected chi connectivity index (χ1v) is 10.5. The van der Waals surface area contributed by atoms with Gasteiger partial charge in [0.05, 0.1) is 17.5 Å². The average molecular weight is 412 g/mol. The third-order valence-electron chi connectivity index (χ3n) is 5.63. The molecule has 3 N–H and O–H groups in total. The van der Waals surface area contributed by atoms with Crippen LogP contribution in [0, 0.1) is 0 Å². The van der Waals surface area contributed by atoms with E-state index in [2.05, 4.69) is 28.5 Å².